The molecule has 0 atom stereocenters. The van der Waals surface area contributed by atoms with Crippen LogP contribution >= 0.6 is 11.8 Å². The number of hydrogen-bond donors (Lipinski definition) is 1. The summed E-state index contributed by atoms with van der Waals surface area (Å²) >= 11 is 1.66. The van der Waals surface area contributed by atoms with Crippen LogP contribution < -0.4 is 5.32 Å². The van der Waals surface area contributed by atoms with Gasteiger partial charge in [0.05, 0.1) is 12.7 Å². The van der Waals surface area contributed by atoms with Crippen molar-refractivity contribution in [3.8, 4) is 11.6 Å². The fraction of sp³-hybridized carbons (Fsp3) is 0.136. The normalized spacial score (nSPS) is 10.8. The van der Waals surface area contributed by atoms with Crippen LogP contribution in [0.15, 0.2) is 86.8 Å². The molecule has 0 saturated heterocycles. The van der Waals surface area contributed by atoms with Gasteiger partial charge in [0.2, 0.25) is 17.6 Å². The Morgan fingerprint density at radius 3 is 2.66 bits per heavy atom. The molecule has 0 aliphatic heterocycles. The molecule has 2 aromatic heterocycles. The van der Waals surface area contributed by atoms with E-state index in [9.17, 15) is 4.79 Å². The third-order valence-corrected chi connectivity index (χ3v) is 5.20. The number of nitrogens with zero attached hydrogens (tertiary/aromatic N) is 2. The molecule has 29 heavy (non-hydrogen) atoms. The lowest BCUT2D eigenvalue weighted by atomic mass is 10.1. The zero-order valence-corrected chi connectivity index (χ0v) is 16.4. The molecule has 6 nitrogen and oxygen atoms in total. The number of carbonyl (C=O) groups excluding carboxylic acids is 1. The van der Waals surface area contributed by atoms with E-state index >= 15 is 0 Å². The highest BCUT2D eigenvalue weighted by molar-refractivity contribution is 7.99. The minimum Gasteiger partial charge on any atom is -0.461 e. The first-order valence-corrected chi connectivity index (χ1v) is 10.2. The molecule has 4 rings (SSSR count). The van der Waals surface area contributed by atoms with E-state index in [0.29, 0.717) is 36.1 Å². The number of amides is 1. The monoisotopic (exact) mass is 405 g/mol. The van der Waals surface area contributed by atoms with Crippen LogP contribution in [0.3, 0.4) is 0 Å². The van der Waals surface area contributed by atoms with Crippen LogP contribution in [-0.4, -0.2) is 21.8 Å². The molecular weight excluding hydrogens is 386 g/mol. The van der Waals surface area contributed by atoms with Crippen LogP contribution in [0.5, 0.6) is 0 Å². The third-order valence-electron chi connectivity index (χ3n) is 4.18. The highest BCUT2D eigenvalue weighted by atomic mass is 32.2. The van der Waals surface area contributed by atoms with Gasteiger partial charge in [0, 0.05) is 22.8 Å². The maximum Gasteiger partial charge on any atom is 0.238 e. The van der Waals surface area contributed by atoms with E-state index in [-0.39, 0.29) is 5.91 Å². The highest BCUT2D eigenvalue weighted by Crippen LogP contribution is 2.22. The van der Waals surface area contributed by atoms with Gasteiger partial charge in [-0.05, 0) is 35.9 Å². The van der Waals surface area contributed by atoms with Crippen molar-refractivity contribution in [2.24, 2.45) is 0 Å². The van der Waals surface area contributed by atoms with Crippen molar-refractivity contribution in [3.05, 3.63) is 84.4 Å². The summed E-state index contributed by atoms with van der Waals surface area (Å²) in [6.45, 7) is 0. The third kappa shape index (κ3) is 5.14. The number of anilines is 1. The molecule has 7 heteroatoms. The molecule has 0 fully saturated rings. The Bertz CT molecular complexity index is 1060. The quantitative estimate of drug-likeness (QED) is 0.414. The van der Waals surface area contributed by atoms with Gasteiger partial charge in [0.25, 0.3) is 0 Å². The SMILES string of the molecule is O=C(CCSc1ccccc1)Nc1ccccc1Cc1nc(-c2ccco2)no1. The average Bonchev–Trinajstić information content (AvgIpc) is 3.42. The first kappa shape index (κ1) is 19.0. The zero-order valence-electron chi connectivity index (χ0n) is 15.6. The molecule has 1 N–H and O–H groups in total. The molecule has 2 aromatic carbocycles. The minimum atomic E-state index is -0.0253. The highest BCUT2D eigenvalue weighted by Gasteiger charge is 2.14. The Kier molecular flexibility index (Phi) is 6.07. The van der Waals surface area contributed by atoms with Crippen LogP contribution in [0.4, 0.5) is 5.69 Å². The number of aromatic nitrogens is 2. The fourth-order valence-electron chi connectivity index (χ4n) is 2.78. The molecule has 0 aliphatic carbocycles. The molecule has 4 aromatic rings. The minimum absolute atomic E-state index is 0.0253. The summed E-state index contributed by atoms with van der Waals surface area (Å²) in [5.74, 6) is 2.11. The van der Waals surface area contributed by atoms with Crippen LogP contribution in [-0.2, 0) is 11.2 Å². The van der Waals surface area contributed by atoms with E-state index in [2.05, 4.69) is 15.5 Å². The molecule has 1 amide bonds. The van der Waals surface area contributed by atoms with Gasteiger partial charge in [-0.2, -0.15) is 4.98 Å². The van der Waals surface area contributed by atoms with Crippen molar-refractivity contribution < 1.29 is 13.7 Å². The first-order valence-electron chi connectivity index (χ1n) is 9.20. The standard InChI is InChI=1S/C22H19N3O3S/c26-20(12-14-29-17-8-2-1-3-9-17)23-18-10-5-4-7-16(18)15-21-24-22(25-28-21)19-11-6-13-27-19/h1-11,13H,12,14-15H2,(H,23,26). The summed E-state index contributed by atoms with van der Waals surface area (Å²) < 4.78 is 10.6. The molecule has 0 radical (unpaired) electrons. The van der Waals surface area contributed by atoms with E-state index in [0.717, 1.165) is 16.1 Å². The number of para-hydroxylation sites is 1. The molecule has 146 valence electrons. The number of furan rings is 1. The maximum absolute atomic E-state index is 12.4. The summed E-state index contributed by atoms with van der Waals surface area (Å²) in [4.78, 5) is 17.9. The number of rotatable bonds is 8. The lowest BCUT2D eigenvalue weighted by molar-refractivity contribution is -0.115. The van der Waals surface area contributed by atoms with Crippen molar-refractivity contribution in [1.29, 1.82) is 0 Å². The number of nitrogens with one attached hydrogen (secondary N) is 1. The zero-order chi connectivity index (χ0) is 19.9. The van der Waals surface area contributed by atoms with Gasteiger partial charge in [-0.3, -0.25) is 4.79 Å². The number of carbonyl (C=O) groups is 1. The lowest BCUT2D eigenvalue weighted by Crippen LogP contribution is -2.13. The molecule has 0 spiro atoms. The number of benzene rings is 2. The van der Waals surface area contributed by atoms with Crippen molar-refractivity contribution in [2.45, 2.75) is 17.7 Å². The molecule has 2 heterocycles. The Hall–Kier alpha value is -3.32. The van der Waals surface area contributed by atoms with Crippen molar-refractivity contribution in [2.75, 3.05) is 11.1 Å². The van der Waals surface area contributed by atoms with Gasteiger partial charge >= 0.3 is 0 Å². The Morgan fingerprint density at radius 2 is 1.83 bits per heavy atom. The van der Waals surface area contributed by atoms with E-state index in [1.54, 1.807) is 30.2 Å². The summed E-state index contributed by atoms with van der Waals surface area (Å²) in [5.41, 5.74) is 1.66. The molecule has 0 bridgehead atoms. The molecular formula is C22H19N3O3S. The van der Waals surface area contributed by atoms with E-state index in [4.69, 9.17) is 8.94 Å². The van der Waals surface area contributed by atoms with Gasteiger partial charge in [0.1, 0.15) is 0 Å². The smallest absolute Gasteiger partial charge is 0.238 e. The number of hydrogen-bond acceptors (Lipinski definition) is 6. The van der Waals surface area contributed by atoms with Gasteiger partial charge in [0.15, 0.2) is 5.76 Å². The van der Waals surface area contributed by atoms with Crippen LogP contribution in [0.1, 0.15) is 17.9 Å². The molecule has 0 unspecified atom stereocenters. The average molecular weight is 405 g/mol. The summed E-state index contributed by atoms with van der Waals surface area (Å²) in [6, 6.07) is 21.2. The topological polar surface area (TPSA) is 81.2 Å². The van der Waals surface area contributed by atoms with Crippen LogP contribution in [0.25, 0.3) is 11.6 Å². The van der Waals surface area contributed by atoms with Gasteiger partial charge in [-0.25, -0.2) is 0 Å². The molecule has 0 saturated carbocycles. The first-order chi connectivity index (χ1) is 14.3. The molecule has 0 aliphatic rings. The summed E-state index contributed by atoms with van der Waals surface area (Å²) in [7, 11) is 0. The second kappa shape index (κ2) is 9.25. The number of thioether (sulfide) groups is 1. The Labute approximate surface area is 172 Å². The van der Waals surface area contributed by atoms with Gasteiger partial charge < -0.3 is 14.3 Å². The fourth-order valence-corrected chi connectivity index (χ4v) is 3.66. The summed E-state index contributed by atoms with van der Waals surface area (Å²) in [6.07, 6.45) is 2.41. The lowest BCUT2D eigenvalue weighted by Gasteiger charge is -2.09. The van der Waals surface area contributed by atoms with Crippen molar-refractivity contribution in [3.63, 3.8) is 0 Å². The second-order valence-electron chi connectivity index (χ2n) is 6.28. The predicted molar refractivity (Wildman–Crippen MR) is 112 cm³/mol. The van der Waals surface area contributed by atoms with E-state index in [1.165, 1.54) is 0 Å². The van der Waals surface area contributed by atoms with E-state index < -0.39 is 0 Å². The van der Waals surface area contributed by atoms with Crippen molar-refractivity contribution >= 4 is 23.4 Å². The van der Waals surface area contributed by atoms with E-state index in [1.807, 2.05) is 54.6 Å². The van der Waals surface area contributed by atoms with Gasteiger partial charge in [-0.1, -0.05) is 41.6 Å². The van der Waals surface area contributed by atoms with Crippen molar-refractivity contribution in [1.82, 2.24) is 10.1 Å². The second-order valence-corrected chi connectivity index (χ2v) is 7.45. The van der Waals surface area contributed by atoms with Crippen LogP contribution in [0.2, 0.25) is 0 Å². The maximum atomic E-state index is 12.4. The predicted octanol–water partition coefficient (Wildman–Crippen LogP) is 5.04. The van der Waals surface area contributed by atoms with Gasteiger partial charge in [-0.15, -0.1) is 11.8 Å². The Morgan fingerprint density at radius 1 is 1.00 bits per heavy atom. The summed E-state index contributed by atoms with van der Waals surface area (Å²) in [5, 5.41) is 6.94. The largest absolute Gasteiger partial charge is 0.461 e. The van der Waals surface area contributed by atoms with Crippen LogP contribution in [0, 0.1) is 0 Å². The Balaban J connectivity index is 1.36.